The summed E-state index contributed by atoms with van der Waals surface area (Å²) < 4.78 is 86.2. The Hall–Kier alpha value is -7.05. The molecule has 0 amide bonds. The molecule has 0 spiro atoms. The van der Waals surface area contributed by atoms with E-state index in [-0.39, 0.29) is 54.7 Å². The van der Waals surface area contributed by atoms with Crippen LogP contribution in [0.1, 0.15) is 52.5 Å². The topological polar surface area (TPSA) is 773 Å². The highest BCUT2D eigenvalue weighted by Gasteiger charge is 2.49. The van der Waals surface area contributed by atoms with E-state index in [1.54, 1.807) is 17.4 Å². The Morgan fingerprint density at radius 1 is 0.822 bits per heavy atom. The summed E-state index contributed by atoms with van der Waals surface area (Å²) in [4.78, 5) is 98.0. The van der Waals surface area contributed by atoms with E-state index < -0.39 is 135 Å². The lowest BCUT2D eigenvalue weighted by Crippen LogP contribution is -2.41. The number of terminal acetylenes is 6. The fourth-order valence-corrected chi connectivity index (χ4v) is 6.65. The Labute approximate surface area is 576 Å². The molecule has 3 fully saturated rings. The highest BCUT2D eigenvalue weighted by Crippen LogP contribution is 2.45. The van der Waals surface area contributed by atoms with Gasteiger partial charge in [0.1, 0.15) is 28.1 Å². The molecule has 101 heavy (non-hydrogen) atoms. The van der Waals surface area contributed by atoms with E-state index in [0.29, 0.717) is 38.2 Å². The fraction of sp³-hybridized carbons (Fsp3) is 0.490. The van der Waals surface area contributed by atoms with Crippen LogP contribution in [0.4, 0.5) is 20.4 Å². The molecule has 0 aromatic carbocycles. The average Bonchev–Trinajstić information content (AvgIpc) is 1.62. The Kier molecular flexibility index (Phi) is 52.8. The van der Waals surface area contributed by atoms with Crippen LogP contribution in [0, 0.1) is 96.8 Å². The Balaban J connectivity index is -0.000000347. The zero-order valence-corrected chi connectivity index (χ0v) is 57.7. The molecule has 0 bridgehead atoms. The number of aldehydes is 3. The first-order valence-electron chi connectivity index (χ1n) is 25.7. The van der Waals surface area contributed by atoms with Gasteiger partial charge in [0, 0.05) is 26.9 Å². The number of aliphatic hydroxyl groups excluding tert-OH is 9. The van der Waals surface area contributed by atoms with Gasteiger partial charge >= 0.3 is 36.9 Å². The van der Waals surface area contributed by atoms with Gasteiger partial charge in [0.05, 0.1) is 63.3 Å². The quantitative estimate of drug-likeness (QED) is 0.0112. The molecule has 21 N–H and O–H groups in total. The summed E-state index contributed by atoms with van der Waals surface area (Å²) in [6.07, 6.45) is 27.3. The minimum atomic E-state index is -4.96. The molecule has 7 rings (SSSR count). The number of halogens is 2. The number of ether oxygens (including phenoxy) is 2. The maximum Gasteiger partial charge on any atom is 0.575 e. The summed E-state index contributed by atoms with van der Waals surface area (Å²) in [6.45, 7) is 1.32. The summed E-state index contributed by atoms with van der Waals surface area (Å²) in [5.74, 6) is 12.2. The second-order valence-electron chi connectivity index (χ2n) is 18.4. The van der Waals surface area contributed by atoms with Crippen molar-refractivity contribution in [3.8, 4) is 74.1 Å². The third-order valence-electron chi connectivity index (χ3n) is 11.4. The van der Waals surface area contributed by atoms with Crippen LogP contribution < -0.4 is 41.6 Å². The van der Waals surface area contributed by atoms with Crippen molar-refractivity contribution in [3.63, 3.8) is 0 Å². The van der Waals surface area contributed by atoms with Crippen molar-refractivity contribution in [2.75, 3.05) is 44.5 Å². The number of nitrogens with zero attached hydrogens (tertiary/aromatic N) is 7. The van der Waals surface area contributed by atoms with Crippen LogP contribution in [0.3, 0.4) is 0 Å². The molecule has 4 aromatic rings. The van der Waals surface area contributed by atoms with Crippen molar-refractivity contribution >= 4 is 102 Å². The van der Waals surface area contributed by atoms with Crippen LogP contribution in [-0.4, -0.2) is 222 Å². The molecule has 2 aliphatic heterocycles. The second-order valence-corrected chi connectivity index (χ2v) is 22.4. The first kappa shape index (κ1) is 103. The lowest BCUT2D eigenvalue weighted by atomic mass is 9.86. The number of carbonyl (C=O) groups excluding carboxylic acids is 3. The van der Waals surface area contributed by atoms with E-state index in [1.165, 1.54) is 26.5 Å². The van der Waals surface area contributed by atoms with Gasteiger partial charge in [-0.05, 0) is 47.3 Å². The van der Waals surface area contributed by atoms with E-state index in [1.807, 2.05) is 17.8 Å². The number of anilines is 2. The maximum atomic E-state index is 13.3. The number of imidazole rings is 2. The number of rotatable bonds is 13. The van der Waals surface area contributed by atoms with Crippen LogP contribution >= 0.6 is 49.6 Å². The van der Waals surface area contributed by atoms with Gasteiger partial charge in [-0.25, -0.2) is 24.6 Å². The van der Waals surface area contributed by atoms with Crippen molar-refractivity contribution in [2.24, 2.45) is 5.41 Å². The average molecular weight is 1560 g/mol. The summed E-state index contributed by atoms with van der Waals surface area (Å²) in [5.41, 5.74) is 3.25. The number of phosphoric acid groups is 1. The summed E-state index contributed by atoms with van der Waals surface area (Å²) >= 11 is 0. The lowest BCUT2D eigenvalue weighted by Gasteiger charge is -2.24. The van der Waals surface area contributed by atoms with Crippen LogP contribution in [0.25, 0.3) is 22.3 Å². The molecule has 0 radical (unpaired) electrons. The summed E-state index contributed by atoms with van der Waals surface area (Å²) in [7, 11) is -11.4. The van der Waals surface area contributed by atoms with Gasteiger partial charge in [-0.3, -0.25) is 23.8 Å². The van der Waals surface area contributed by atoms with Gasteiger partial charge in [-0.1, -0.05) is 44.5 Å². The van der Waals surface area contributed by atoms with Gasteiger partial charge in [0.15, 0.2) is 70.5 Å². The van der Waals surface area contributed by atoms with Gasteiger partial charge < -0.3 is 132 Å². The standard InChI is InChI=1S/C13H14FN5O2.C7H11O7P.C7H10O3.C5H4FN5.C5H8O3.C5H6O3.C5H6O2.C2H4O.H3NP2.3HO4P/c1-2-13(5-20)4-7(3-8(13)21)19-6-16-9-10(15)17-12(14)18-11(9)19;1-2-7(4-8)5(9)3-6(13-7)14-15(10,11)12;1-3-7(2)5(8)4-6(9)10-7;6-5-10-3(7)2-4(11-5)9-1-8-2;2*1-2-5(8,3-6)4-7;1-3-5(2,7)4-6;1-2-3;1-3-2;3*1-4-5(2)3/h1,6-8,20-21H,3-5H2,(H2,15,17,18);1,5-6,8-9H,3-4H2,(H2,10,11,12);1,5-6,8-9H,4H2,2H3;1H,(H3,7,8,9,10,11);1,6-8H,3-4H2;1,3,7-8H,4H2;1,4,7H,2H3;2H,1H3;1H,2H2;3*1H/p-2/t7-,8-,13+;5-,6+,7+;5-,6?,7-;;;2*5-;;;;;/m000..00...../s1. The molecular formula is C49H67F2N11O33P6-2. The number of nitrogens with one attached hydrogen (secondary N) is 2. The minimum absolute atomic E-state index is 0.0415. The first-order valence-corrected chi connectivity index (χ1v) is 33.0. The SMILES string of the molecule is C#CC(O)(CO)CO.C#C[C@](C)(O)C=O.C#C[C@](O)(C=O)CO.C#C[C@]1(C)OC(O)C[C@@H]1O.C#C[C@]1(CO)C[C@@H](n2cnc3c(N)nc(F)nc32)C[C@@H]1O.C#C[C@]1(CO)O[C@H](OP(=O)([O-])O)C[C@@H]1O.CC=O.N=PP.Nc1nc(F)nc2nc[nH]c12.O=[P+]([O-])O[O-].O=[P+]([O-])O[O-].O=[P+]([O-])O[OH2+]. The molecule has 6 heterocycles. The number of hydrogen-bond donors (Lipinski definition) is 17. The highest BCUT2D eigenvalue weighted by atomic mass is 32.0. The minimum Gasteiger partial charge on any atom is -0.756 e. The van der Waals surface area contributed by atoms with Crippen LogP contribution in [0.2, 0.25) is 0 Å². The predicted octanol–water partition coefficient (Wildman–Crippen LogP) is -9.27. The normalized spacial score (nSPS) is 23.0. The molecule has 3 aliphatic rings. The largest absolute Gasteiger partial charge is 0.756 e. The van der Waals surface area contributed by atoms with Crippen molar-refractivity contribution in [1.82, 2.24) is 39.5 Å². The number of nitrogen functional groups attached to an aromatic ring is 2. The number of aliphatic hydroxyl groups is 12. The molecule has 2 saturated heterocycles. The second kappa shape index (κ2) is 52.0. The van der Waals surface area contributed by atoms with Crippen molar-refractivity contribution in [3.05, 3.63) is 24.8 Å². The van der Waals surface area contributed by atoms with E-state index in [4.69, 9.17) is 146 Å². The van der Waals surface area contributed by atoms with E-state index in [9.17, 15) is 48.3 Å². The number of H-pyrrole nitrogens is 1. The number of nitrogens with two attached hydrogens (primary N) is 2. The van der Waals surface area contributed by atoms with Crippen LogP contribution in [0.15, 0.2) is 12.7 Å². The zero-order chi connectivity index (χ0) is 79.9. The van der Waals surface area contributed by atoms with Crippen LogP contribution in [0.5, 0.6) is 0 Å². The molecule has 4 aromatic heterocycles. The van der Waals surface area contributed by atoms with E-state index in [0.717, 1.165) is 6.29 Å². The number of aromatic nitrogens is 8. The highest BCUT2D eigenvalue weighted by molar-refractivity contribution is 7.96. The molecule has 1 aliphatic carbocycles. The Bertz CT molecular complexity index is 3510. The third kappa shape index (κ3) is 39.8. The Morgan fingerprint density at radius 2 is 1.32 bits per heavy atom. The summed E-state index contributed by atoms with van der Waals surface area (Å²) in [6, 6.07) is -0.248. The number of phosphoric ester groups is 1. The van der Waals surface area contributed by atoms with Crippen molar-refractivity contribution < 1.29 is 171 Å². The van der Waals surface area contributed by atoms with Gasteiger partial charge in [0.25, 0.3) is 7.82 Å². The third-order valence-corrected chi connectivity index (χ3v) is 12.2. The summed E-state index contributed by atoms with van der Waals surface area (Å²) in [5, 5.41) is 135. The fourth-order valence-electron chi connectivity index (χ4n) is 6.22. The Morgan fingerprint density at radius 3 is 1.60 bits per heavy atom. The number of aromatic amines is 1. The molecule has 1 saturated carbocycles. The lowest BCUT2D eigenvalue weighted by molar-refractivity contribution is -0.644. The molecular weight excluding hydrogens is 1490 g/mol. The molecule has 6 unspecified atom stereocenters. The smallest absolute Gasteiger partial charge is 0.575 e. The van der Waals surface area contributed by atoms with Crippen molar-refractivity contribution in [1.29, 1.82) is 5.16 Å². The molecule has 44 nitrogen and oxygen atoms in total. The van der Waals surface area contributed by atoms with E-state index in [2.05, 4.69) is 87.1 Å². The molecule has 562 valence electrons. The molecule has 16 atom stereocenters. The van der Waals surface area contributed by atoms with Gasteiger partial charge in [-0.2, -0.15) is 28.7 Å². The van der Waals surface area contributed by atoms with Gasteiger partial charge in [-0.15, -0.1) is 38.5 Å². The first-order chi connectivity index (χ1) is 46.8. The van der Waals surface area contributed by atoms with E-state index >= 15 is 0 Å². The molecule has 52 heteroatoms. The van der Waals surface area contributed by atoms with Crippen LogP contribution in [-0.2, 0) is 60.7 Å². The predicted molar refractivity (Wildman–Crippen MR) is 330 cm³/mol. The van der Waals surface area contributed by atoms with Crippen molar-refractivity contribution in [2.45, 2.75) is 111 Å². The number of fused-ring (bicyclic) bond motifs is 2. The van der Waals surface area contributed by atoms with Gasteiger partial charge in [0.2, 0.25) is 5.60 Å². The monoisotopic (exact) mass is 1560 g/mol. The number of carbonyl (C=O) groups is 3. The zero-order valence-electron chi connectivity index (χ0n) is 52.1. The maximum absolute atomic E-state index is 13.3. The number of hydrogen-bond acceptors (Lipinski definition) is 40.